The summed E-state index contributed by atoms with van der Waals surface area (Å²) >= 11 is 0. The molecule has 11 heavy (non-hydrogen) atoms. The van der Waals surface area contributed by atoms with Gasteiger partial charge in [-0.1, -0.05) is 0 Å². The minimum Gasteiger partial charge on any atom is -0.341 e. The summed E-state index contributed by atoms with van der Waals surface area (Å²) in [5.74, 6) is 0.0553. The molecule has 1 aliphatic rings. The monoisotopic (exact) mass is 153 g/mol. The van der Waals surface area contributed by atoms with Crippen LogP contribution >= 0.6 is 0 Å². The molecule has 1 saturated heterocycles. The molecule has 0 aromatic heterocycles. The maximum Gasteiger partial charge on any atom is 0.243 e. The number of hydrogen-bond acceptors (Lipinski definition) is 2. The van der Waals surface area contributed by atoms with Gasteiger partial charge in [-0.05, 0) is 19.3 Å². The average Bonchev–Trinajstić information content (AvgIpc) is 2.07. The third-order valence-electron chi connectivity index (χ3n) is 1.81. The van der Waals surface area contributed by atoms with Gasteiger partial charge in [0.1, 0.15) is 0 Å². The molecule has 0 aromatic rings. The first-order valence-corrected chi connectivity index (χ1v) is 3.76. The second-order valence-corrected chi connectivity index (χ2v) is 2.57. The minimum atomic E-state index is 0.0553. The van der Waals surface area contributed by atoms with Gasteiger partial charge in [-0.3, -0.25) is 5.41 Å². The largest absolute Gasteiger partial charge is 0.341 e. The zero-order valence-electron chi connectivity index (χ0n) is 6.34. The first-order chi connectivity index (χ1) is 5.34. The summed E-state index contributed by atoms with van der Waals surface area (Å²) in [7, 11) is 0. The Hall–Kier alpha value is -1.15. The highest BCUT2D eigenvalue weighted by Crippen LogP contribution is 2.08. The molecule has 0 aromatic carbocycles. The van der Waals surface area contributed by atoms with E-state index in [0.717, 1.165) is 25.9 Å². The van der Waals surface area contributed by atoms with E-state index in [9.17, 15) is 4.79 Å². The van der Waals surface area contributed by atoms with E-state index in [4.69, 9.17) is 5.41 Å². The normalized spacial score (nSPS) is 17.3. The molecule has 0 spiro atoms. The maximum atomic E-state index is 9.80. The Balaban J connectivity index is 2.44. The van der Waals surface area contributed by atoms with Crippen molar-refractivity contribution >= 4 is 12.0 Å². The summed E-state index contributed by atoms with van der Waals surface area (Å²) in [4.78, 5) is 14.9. The van der Waals surface area contributed by atoms with Crippen LogP contribution in [-0.4, -0.2) is 30.0 Å². The fourth-order valence-electron chi connectivity index (χ4n) is 1.22. The Labute approximate surface area is 65.4 Å². The first kappa shape index (κ1) is 7.95. The Morgan fingerprint density at radius 1 is 1.36 bits per heavy atom. The lowest BCUT2D eigenvalue weighted by Crippen LogP contribution is -2.33. The second kappa shape index (κ2) is 3.88. The summed E-state index contributed by atoms with van der Waals surface area (Å²) in [5, 5.41) is 7.28. The fourth-order valence-corrected chi connectivity index (χ4v) is 1.22. The van der Waals surface area contributed by atoms with E-state index in [2.05, 4.69) is 4.99 Å². The van der Waals surface area contributed by atoms with Gasteiger partial charge in [-0.15, -0.1) is 4.99 Å². The topological polar surface area (TPSA) is 56.5 Å². The summed E-state index contributed by atoms with van der Waals surface area (Å²) < 4.78 is 0. The Morgan fingerprint density at radius 3 is 2.55 bits per heavy atom. The maximum absolute atomic E-state index is 9.80. The van der Waals surface area contributed by atoms with Gasteiger partial charge >= 0.3 is 0 Å². The molecule has 1 fully saturated rings. The Kier molecular flexibility index (Phi) is 2.81. The smallest absolute Gasteiger partial charge is 0.243 e. The molecule has 1 aliphatic heterocycles. The van der Waals surface area contributed by atoms with Crippen molar-refractivity contribution in [3.05, 3.63) is 0 Å². The molecule has 60 valence electrons. The van der Waals surface area contributed by atoms with Crippen molar-refractivity contribution in [1.82, 2.24) is 4.90 Å². The fraction of sp³-hybridized carbons (Fsp3) is 0.714. The zero-order valence-corrected chi connectivity index (χ0v) is 6.34. The van der Waals surface area contributed by atoms with Crippen molar-refractivity contribution in [3.8, 4) is 0 Å². The van der Waals surface area contributed by atoms with Crippen LogP contribution in [0.3, 0.4) is 0 Å². The van der Waals surface area contributed by atoms with Crippen molar-refractivity contribution in [2.24, 2.45) is 4.99 Å². The van der Waals surface area contributed by atoms with Gasteiger partial charge in [-0.25, -0.2) is 4.79 Å². The highest BCUT2D eigenvalue weighted by Gasteiger charge is 2.11. The van der Waals surface area contributed by atoms with Gasteiger partial charge in [0.25, 0.3) is 0 Å². The van der Waals surface area contributed by atoms with Gasteiger partial charge < -0.3 is 4.90 Å². The van der Waals surface area contributed by atoms with Crippen molar-refractivity contribution in [2.45, 2.75) is 19.3 Å². The molecule has 0 atom stereocenters. The molecular weight excluding hydrogens is 142 g/mol. The number of nitrogens with one attached hydrogen (secondary N) is 1. The standard InChI is InChI=1S/C7H11N3O/c8-7(9-6-11)10-4-2-1-3-5-10/h8H,1-5H2. The number of nitrogens with zero attached hydrogens (tertiary/aromatic N) is 2. The molecule has 0 aliphatic carbocycles. The van der Waals surface area contributed by atoms with Crippen LogP contribution in [0, 0.1) is 5.41 Å². The van der Waals surface area contributed by atoms with Crippen LogP contribution in [0.2, 0.25) is 0 Å². The molecule has 0 saturated carbocycles. The van der Waals surface area contributed by atoms with Crippen LogP contribution < -0.4 is 0 Å². The second-order valence-electron chi connectivity index (χ2n) is 2.57. The van der Waals surface area contributed by atoms with Crippen LogP contribution in [0.1, 0.15) is 19.3 Å². The van der Waals surface area contributed by atoms with E-state index >= 15 is 0 Å². The Bertz CT molecular complexity index is 190. The predicted octanol–water partition coefficient (Wildman–Crippen LogP) is 0.743. The van der Waals surface area contributed by atoms with Crippen LogP contribution in [0.25, 0.3) is 0 Å². The molecule has 4 nitrogen and oxygen atoms in total. The zero-order chi connectivity index (χ0) is 8.10. The van der Waals surface area contributed by atoms with E-state index in [1.54, 1.807) is 4.90 Å². The summed E-state index contributed by atoms with van der Waals surface area (Å²) in [5.41, 5.74) is 0. The summed E-state index contributed by atoms with van der Waals surface area (Å²) in [6.45, 7) is 1.70. The third-order valence-corrected chi connectivity index (χ3v) is 1.81. The first-order valence-electron chi connectivity index (χ1n) is 3.76. The molecular formula is C7H11N3O. The summed E-state index contributed by atoms with van der Waals surface area (Å²) in [6, 6.07) is 0. The highest BCUT2D eigenvalue weighted by molar-refractivity contribution is 5.82. The van der Waals surface area contributed by atoms with Crippen molar-refractivity contribution in [1.29, 1.82) is 5.41 Å². The van der Waals surface area contributed by atoms with Gasteiger partial charge in [0.05, 0.1) is 0 Å². The van der Waals surface area contributed by atoms with Crippen LogP contribution in [0.5, 0.6) is 0 Å². The summed E-state index contributed by atoms with van der Waals surface area (Å²) in [6.07, 6.45) is 4.78. The molecule has 1 heterocycles. The van der Waals surface area contributed by atoms with Crippen LogP contribution in [-0.2, 0) is 4.79 Å². The van der Waals surface area contributed by atoms with E-state index < -0.39 is 0 Å². The molecule has 0 unspecified atom stereocenters. The number of guanidine groups is 1. The lowest BCUT2D eigenvalue weighted by atomic mass is 10.1. The number of likely N-dealkylation sites (tertiary alicyclic amines) is 1. The number of piperidine rings is 1. The number of carbonyl (C=O) groups excluding carboxylic acids is 1. The van der Waals surface area contributed by atoms with E-state index in [-0.39, 0.29) is 5.96 Å². The Morgan fingerprint density at radius 2 is 2.00 bits per heavy atom. The lowest BCUT2D eigenvalue weighted by molar-refractivity contribution is 0.337. The molecule has 1 N–H and O–H groups in total. The number of rotatable bonds is 0. The number of aliphatic imine (C=N–C) groups is 1. The van der Waals surface area contributed by atoms with Crippen LogP contribution in [0.4, 0.5) is 0 Å². The molecule has 0 amide bonds. The van der Waals surface area contributed by atoms with Gasteiger partial charge in [0.15, 0.2) is 0 Å². The lowest BCUT2D eigenvalue weighted by Gasteiger charge is -2.25. The molecule has 1 rings (SSSR count). The number of hydrogen-bond donors (Lipinski definition) is 1. The van der Waals surface area contributed by atoms with Crippen molar-refractivity contribution in [3.63, 3.8) is 0 Å². The number of isocyanates is 1. The van der Waals surface area contributed by atoms with Gasteiger partial charge in [-0.2, -0.15) is 0 Å². The SMILES string of the molecule is N=C(N=C=O)N1CCCCC1. The minimum absolute atomic E-state index is 0.0553. The molecule has 0 radical (unpaired) electrons. The van der Waals surface area contributed by atoms with Crippen molar-refractivity contribution < 1.29 is 4.79 Å². The van der Waals surface area contributed by atoms with E-state index in [0.29, 0.717) is 0 Å². The van der Waals surface area contributed by atoms with E-state index in [1.807, 2.05) is 0 Å². The molecule has 4 heteroatoms. The van der Waals surface area contributed by atoms with Crippen LogP contribution in [0.15, 0.2) is 4.99 Å². The highest BCUT2D eigenvalue weighted by atomic mass is 16.1. The third kappa shape index (κ3) is 2.16. The van der Waals surface area contributed by atoms with E-state index in [1.165, 1.54) is 12.5 Å². The predicted molar refractivity (Wildman–Crippen MR) is 41.3 cm³/mol. The van der Waals surface area contributed by atoms with Gasteiger partial charge in [0.2, 0.25) is 12.0 Å². The quantitative estimate of drug-likeness (QED) is 0.317. The average molecular weight is 153 g/mol. The molecule has 0 bridgehead atoms. The van der Waals surface area contributed by atoms with Crippen molar-refractivity contribution in [2.75, 3.05) is 13.1 Å². The van der Waals surface area contributed by atoms with Gasteiger partial charge in [0, 0.05) is 13.1 Å².